The number of carbonyl (C=O) groups excluding carboxylic acids is 1. The maximum Gasteiger partial charge on any atom is 0.227 e. The standard InChI is InChI=1S/C22H27FN4O/c1-22(2,3)19-8-9-20(25-24-19)26-11-16-13-27(14-17(16)12-26)21(28)10-15-4-6-18(23)7-5-15/h4-9,16-17H,10-14H2,1-3H3. The highest BCUT2D eigenvalue weighted by Gasteiger charge is 2.42. The summed E-state index contributed by atoms with van der Waals surface area (Å²) in [5, 5.41) is 8.84. The van der Waals surface area contributed by atoms with E-state index in [2.05, 4.69) is 48.0 Å². The molecule has 0 N–H and O–H groups in total. The monoisotopic (exact) mass is 382 g/mol. The van der Waals surface area contributed by atoms with Crippen molar-refractivity contribution in [2.24, 2.45) is 11.8 Å². The van der Waals surface area contributed by atoms with Crippen molar-refractivity contribution in [3.8, 4) is 0 Å². The molecule has 2 fully saturated rings. The predicted octanol–water partition coefficient (Wildman–Crippen LogP) is 3.05. The largest absolute Gasteiger partial charge is 0.354 e. The summed E-state index contributed by atoms with van der Waals surface area (Å²) >= 11 is 0. The maximum absolute atomic E-state index is 13.0. The molecule has 2 saturated heterocycles. The number of hydrogen-bond donors (Lipinski definition) is 0. The fourth-order valence-corrected chi connectivity index (χ4v) is 4.17. The van der Waals surface area contributed by atoms with E-state index in [0.717, 1.165) is 43.3 Å². The third-order valence-electron chi connectivity index (χ3n) is 5.85. The first-order valence-corrected chi connectivity index (χ1v) is 9.91. The fourth-order valence-electron chi connectivity index (χ4n) is 4.17. The highest BCUT2D eigenvalue weighted by Crippen LogP contribution is 2.33. The summed E-state index contributed by atoms with van der Waals surface area (Å²) in [4.78, 5) is 16.9. The smallest absolute Gasteiger partial charge is 0.227 e. The number of amides is 1. The van der Waals surface area contributed by atoms with Crippen molar-refractivity contribution in [3.63, 3.8) is 0 Å². The number of fused-ring (bicyclic) bond motifs is 1. The van der Waals surface area contributed by atoms with Gasteiger partial charge in [0.15, 0.2) is 5.82 Å². The summed E-state index contributed by atoms with van der Waals surface area (Å²) in [5.41, 5.74) is 1.85. The van der Waals surface area contributed by atoms with Crippen molar-refractivity contribution < 1.29 is 9.18 Å². The SMILES string of the molecule is CC(C)(C)c1ccc(N2CC3CN(C(=O)Cc4ccc(F)cc4)CC3C2)nn1. The van der Waals surface area contributed by atoms with Gasteiger partial charge >= 0.3 is 0 Å². The Balaban J connectivity index is 1.34. The molecule has 1 amide bonds. The molecule has 28 heavy (non-hydrogen) atoms. The van der Waals surface area contributed by atoms with Gasteiger partial charge in [-0.05, 0) is 29.8 Å². The summed E-state index contributed by atoms with van der Waals surface area (Å²) in [7, 11) is 0. The number of anilines is 1. The highest BCUT2D eigenvalue weighted by atomic mass is 19.1. The van der Waals surface area contributed by atoms with Crippen LogP contribution in [0.4, 0.5) is 10.2 Å². The van der Waals surface area contributed by atoms with Crippen LogP contribution in [0.2, 0.25) is 0 Å². The molecule has 0 aliphatic carbocycles. The molecular weight excluding hydrogens is 355 g/mol. The summed E-state index contributed by atoms with van der Waals surface area (Å²) in [6.45, 7) is 9.80. The molecule has 2 aromatic rings. The maximum atomic E-state index is 13.0. The normalized spacial score (nSPS) is 21.9. The minimum Gasteiger partial charge on any atom is -0.354 e. The summed E-state index contributed by atoms with van der Waals surface area (Å²) in [6.07, 6.45) is 0.336. The van der Waals surface area contributed by atoms with Crippen molar-refractivity contribution in [1.29, 1.82) is 0 Å². The van der Waals surface area contributed by atoms with Crippen LogP contribution in [0.15, 0.2) is 36.4 Å². The van der Waals surface area contributed by atoms with E-state index in [1.54, 1.807) is 12.1 Å². The molecule has 148 valence electrons. The van der Waals surface area contributed by atoms with Crippen LogP contribution in [0.25, 0.3) is 0 Å². The molecule has 0 saturated carbocycles. The first-order chi connectivity index (χ1) is 13.3. The zero-order chi connectivity index (χ0) is 19.9. The van der Waals surface area contributed by atoms with Crippen molar-refractivity contribution in [1.82, 2.24) is 15.1 Å². The average molecular weight is 382 g/mol. The minimum absolute atomic E-state index is 0.00155. The van der Waals surface area contributed by atoms with Gasteiger partial charge in [0.25, 0.3) is 0 Å². The number of benzene rings is 1. The van der Waals surface area contributed by atoms with E-state index in [1.165, 1.54) is 12.1 Å². The van der Waals surface area contributed by atoms with Crippen LogP contribution < -0.4 is 4.90 Å². The number of halogens is 1. The molecule has 2 aliphatic rings. The van der Waals surface area contributed by atoms with Gasteiger partial charge in [0.2, 0.25) is 5.91 Å². The van der Waals surface area contributed by atoms with Crippen LogP contribution in [0.1, 0.15) is 32.0 Å². The van der Waals surface area contributed by atoms with Gasteiger partial charge in [-0.3, -0.25) is 4.79 Å². The second kappa shape index (κ2) is 7.15. The Morgan fingerprint density at radius 1 is 1.00 bits per heavy atom. The van der Waals surface area contributed by atoms with Crippen LogP contribution in [0.3, 0.4) is 0 Å². The van der Waals surface area contributed by atoms with E-state index < -0.39 is 0 Å². The van der Waals surface area contributed by atoms with Gasteiger partial charge in [-0.15, -0.1) is 5.10 Å². The number of hydrogen-bond acceptors (Lipinski definition) is 4. The first-order valence-electron chi connectivity index (χ1n) is 9.91. The van der Waals surface area contributed by atoms with Gasteiger partial charge < -0.3 is 9.80 Å². The van der Waals surface area contributed by atoms with Crippen LogP contribution in [0, 0.1) is 17.7 Å². The van der Waals surface area contributed by atoms with Crippen LogP contribution in [0.5, 0.6) is 0 Å². The van der Waals surface area contributed by atoms with E-state index in [9.17, 15) is 9.18 Å². The molecule has 3 heterocycles. The lowest BCUT2D eigenvalue weighted by Gasteiger charge is -2.23. The molecule has 0 bridgehead atoms. The Morgan fingerprint density at radius 3 is 2.18 bits per heavy atom. The lowest BCUT2D eigenvalue weighted by Crippen LogP contribution is -2.34. The molecule has 6 heteroatoms. The van der Waals surface area contributed by atoms with Gasteiger partial charge in [0.1, 0.15) is 5.82 Å². The Hall–Kier alpha value is -2.50. The first kappa shape index (κ1) is 18.8. The Kier molecular flexibility index (Phi) is 4.81. The zero-order valence-corrected chi connectivity index (χ0v) is 16.7. The molecule has 1 aromatic heterocycles. The molecule has 0 radical (unpaired) electrons. The molecule has 4 rings (SSSR count). The highest BCUT2D eigenvalue weighted by molar-refractivity contribution is 5.79. The van der Waals surface area contributed by atoms with Gasteiger partial charge in [-0.2, -0.15) is 5.10 Å². The minimum atomic E-state index is -0.273. The topological polar surface area (TPSA) is 49.3 Å². The van der Waals surface area contributed by atoms with E-state index in [-0.39, 0.29) is 17.1 Å². The molecule has 5 nitrogen and oxygen atoms in total. The number of nitrogens with zero attached hydrogens (tertiary/aromatic N) is 4. The second-order valence-electron chi connectivity index (χ2n) is 9.05. The molecule has 0 spiro atoms. The lowest BCUT2D eigenvalue weighted by molar-refractivity contribution is -0.129. The average Bonchev–Trinajstić information content (AvgIpc) is 3.22. The van der Waals surface area contributed by atoms with Crippen LogP contribution in [-0.4, -0.2) is 47.2 Å². The number of carbonyl (C=O) groups is 1. The lowest BCUT2D eigenvalue weighted by atomic mass is 9.92. The summed E-state index contributed by atoms with van der Waals surface area (Å²) < 4.78 is 13.0. The number of rotatable bonds is 3. The molecular formula is C22H27FN4O. The predicted molar refractivity (Wildman–Crippen MR) is 107 cm³/mol. The quantitative estimate of drug-likeness (QED) is 0.819. The van der Waals surface area contributed by atoms with Gasteiger partial charge in [-0.25, -0.2) is 4.39 Å². The number of likely N-dealkylation sites (tertiary alicyclic amines) is 1. The summed E-state index contributed by atoms with van der Waals surface area (Å²) in [5.74, 6) is 1.72. The molecule has 2 aliphatic heterocycles. The van der Waals surface area contributed by atoms with Crippen molar-refractivity contribution in [3.05, 3.63) is 53.5 Å². The van der Waals surface area contributed by atoms with Gasteiger partial charge in [0, 0.05) is 43.4 Å². The molecule has 2 atom stereocenters. The van der Waals surface area contributed by atoms with E-state index in [0.29, 0.717) is 18.3 Å². The summed E-state index contributed by atoms with van der Waals surface area (Å²) in [6, 6.07) is 10.3. The molecule has 2 unspecified atom stereocenters. The molecule has 1 aromatic carbocycles. The third kappa shape index (κ3) is 3.86. The Bertz CT molecular complexity index is 830. The van der Waals surface area contributed by atoms with Crippen LogP contribution >= 0.6 is 0 Å². The second-order valence-corrected chi connectivity index (χ2v) is 9.05. The van der Waals surface area contributed by atoms with Gasteiger partial charge in [0.05, 0.1) is 12.1 Å². The van der Waals surface area contributed by atoms with E-state index >= 15 is 0 Å². The van der Waals surface area contributed by atoms with E-state index in [4.69, 9.17) is 0 Å². The Morgan fingerprint density at radius 2 is 1.64 bits per heavy atom. The van der Waals surface area contributed by atoms with Gasteiger partial charge in [-0.1, -0.05) is 32.9 Å². The van der Waals surface area contributed by atoms with Crippen molar-refractivity contribution >= 4 is 11.7 Å². The van der Waals surface area contributed by atoms with Crippen molar-refractivity contribution in [2.45, 2.75) is 32.6 Å². The zero-order valence-electron chi connectivity index (χ0n) is 16.7. The van der Waals surface area contributed by atoms with Crippen LogP contribution in [-0.2, 0) is 16.6 Å². The van der Waals surface area contributed by atoms with Crippen molar-refractivity contribution in [2.75, 3.05) is 31.1 Å². The number of aromatic nitrogens is 2. The fraction of sp³-hybridized carbons (Fsp3) is 0.500. The Labute approximate surface area is 165 Å². The van der Waals surface area contributed by atoms with E-state index in [1.807, 2.05) is 4.90 Å². The third-order valence-corrected chi connectivity index (χ3v) is 5.85.